The van der Waals surface area contributed by atoms with Crippen LogP contribution in [0.25, 0.3) is 0 Å². The molecule has 0 atom stereocenters. The number of ketones is 1. The van der Waals surface area contributed by atoms with E-state index in [4.69, 9.17) is 34.8 Å². The second-order valence-corrected chi connectivity index (χ2v) is 4.85. The summed E-state index contributed by atoms with van der Waals surface area (Å²) in [4.78, 5) is 21.7. The Labute approximate surface area is 95.8 Å². The third-order valence-electron chi connectivity index (χ3n) is 1.57. The number of hydrogen-bond donors (Lipinski definition) is 0. The van der Waals surface area contributed by atoms with Crippen molar-refractivity contribution in [3.63, 3.8) is 0 Å². The van der Waals surface area contributed by atoms with E-state index in [0.29, 0.717) is 11.8 Å². The number of hydrogen-bond acceptors (Lipinski definition) is 2. The molecule has 0 saturated carbocycles. The maximum Gasteiger partial charge on any atom is 0.253 e. The van der Waals surface area contributed by atoms with E-state index >= 15 is 0 Å². The molecule has 2 nitrogen and oxygen atoms in total. The van der Waals surface area contributed by atoms with Gasteiger partial charge in [-0.2, -0.15) is 0 Å². The van der Waals surface area contributed by atoms with E-state index in [0.717, 1.165) is 0 Å². The van der Waals surface area contributed by atoms with Gasteiger partial charge in [0.1, 0.15) is 6.29 Å². The summed E-state index contributed by atoms with van der Waals surface area (Å²) in [5.41, 5.74) is 0.724. The molecular formula is C9H5Cl3O2. The van der Waals surface area contributed by atoms with Crippen LogP contribution in [0.2, 0.25) is 0 Å². The molecule has 0 heterocycles. The van der Waals surface area contributed by atoms with Gasteiger partial charge in [-0.15, -0.1) is 0 Å². The summed E-state index contributed by atoms with van der Waals surface area (Å²) in [5, 5.41) is 0. The summed E-state index contributed by atoms with van der Waals surface area (Å²) in [5.74, 6) is -0.611. The van der Waals surface area contributed by atoms with Crippen molar-refractivity contribution >= 4 is 46.9 Å². The van der Waals surface area contributed by atoms with Crippen LogP contribution >= 0.6 is 34.8 Å². The fourth-order valence-corrected chi connectivity index (χ4v) is 1.20. The van der Waals surface area contributed by atoms with E-state index in [1.807, 2.05) is 0 Å². The summed E-state index contributed by atoms with van der Waals surface area (Å²) in [6.07, 6.45) is 0.670. The van der Waals surface area contributed by atoms with Crippen LogP contribution in [0.4, 0.5) is 0 Å². The van der Waals surface area contributed by atoms with E-state index in [-0.39, 0.29) is 5.56 Å². The van der Waals surface area contributed by atoms with Gasteiger partial charge in [0.05, 0.1) is 0 Å². The zero-order chi connectivity index (χ0) is 10.8. The summed E-state index contributed by atoms with van der Waals surface area (Å²) in [6.45, 7) is 0. The molecule has 0 N–H and O–H groups in total. The molecule has 0 bridgehead atoms. The minimum absolute atomic E-state index is 0.260. The third kappa shape index (κ3) is 2.71. The van der Waals surface area contributed by atoms with Crippen LogP contribution in [0, 0.1) is 0 Å². The first kappa shape index (κ1) is 11.5. The van der Waals surface area contributed by atoms with Gasteiger partial charge in [0.25, 0.3) is 3.79 Å². The first-order valence-corrected chi connectivity index (χ1v) is 4.75. The first-order chi connectivity index (χ1) is 6.45. The summed E-state index contributed by atoms with van der Waals surface area (Å²) in [6, 6.07) is 5.84. The third-order valence-corrected chi connectivity index (χ3v) is 2.08. The van der Waals surface area contributed by atoms with E-state index < -0.39 is 9.58 Å². The molecule has 0 aromatic heterocycles. The van der Waals surface area contributed by atoms with Crippen molar-refractivity contribution < 1.29 is 9.59 Å². The molecule has 0 aliphatic heterocycles. The number of rotatable bonds is 2. The lowest BCUT2D eigenvalue weighted by molar-refractivity contribution is 0.0995. The summed E-state index contributed by atoms with van der Waals surface area (Å²) in [7, 11) is 0. The van der Waals surface area contributed by atoms with Crippen LogP contribution in [-0.4, -0.2) is 15.9 Å². The molecule has 5 heteroatoms. The van der Waals surface area contributed by atoms with Gasteiger partial charge in [0, 0.05) is 11.1 Å². The molecule has 0 fully saturated rings. The minimum atomic E-state index is -1.96. The number of halogens is 3. The van der Waals surface area contributed by atoms with Gasteiger partial charge in [0.2, 0.25) is 5.78 Å². The highest BCUT2D eigenvalue weighted by molar-refractivity contribution is 6.77. The van der Waals surface area contributed by atoms with Crippen molar-refractivity contribution in [2.45, 2.75) is 3.79 Å². The fraction of sp³-hybridized carbons (Fsp3) is 0.111. The number of alkyl halides is 3. The van der Waals surface area contributed by atoms with Crippen molar-refractivity contribution in [2.75, 3.05) is 0 Å². The average molecular weight is 251 g/mol. The van der Waals surface area contributed by atoms with Crippen LogP contribution in [0.5, 0.6) is 0 Å². The molecule has 0 aliphatic carbocycles. The van der Waals surface area contributed by atoms with Crippen LogP contribution < -0.4 is 0 Å². The lowest BCUT2D eigenvalue weighted by atomic mass is 10.1. The van der Waals surface area contributed by atoms with Gasteiger partial charge >= 0.3 is 0 Å². The number of carbonyl (C=O) groups is 2. The molecule has 1 aromatic carbocycles. The SMILES string of the molecule is O=Cc1ccc(C(=O)C(Cl)(Cl)Cl)cc1. The van der Waals surface area contributed by atoms with E-state index in [2.05, 4.69) is 0 Å². The fourth-order valence-electron chi connectivity index (χ4n) is 0.877. The molecule has 0 spiro atoms. The molecule has 0 amide bonds. The second-order valence-electron chi connectivity index (χ2n) is 2.57. The molecule has 1 rings (SSSR count). The summed E-state index contributed by atoms with van der Waals surface area (Å²) >= 11 is 16.2. The predicted molar refractivity (Wildman–Crippen MR) is 56.5 cm³/mol. The Hall–Kier alpha value is -0.570. The van der Waals surface area contributed by atoms with E-state index in [1.165, 1.54) is 24.3 Å². The Morgan fingerprint density at radius 1 is 1.14 bits per heavy atom. The van der Waals surface area contributed by atoms with Crippen molar-refractivity contribution in [1.82, 2.24) is 0 Å². The van der Waals surface area contributed by atoms with Gasteiger partial charge in [-0.3, -0.25) is 9.59 Å². The molecule has 0 unspecified atom stereocenters. The Kier molecular flexibility index (Phi) is 3.53. The molecule has 0 aliphatic rings. The monoisotopic (exact) mass is 250 g/mol. The number of Topliss-reactive ketones (excluding diaryl/α,β-unsaturated/α-hetero) is 1. The van der Waals surface area contributed by atoms with Gasteiger partial charge in [-0.1, -0.05) is 59.1 Å². The van der Waals surface area contributed by atoms with Crippen LogP contribution in [0.15, 0.2) is 24.3 Å². The molecular weight excluding hydrogens is 246 g/mol. The molecule has 14 heavy (non-hydrogen) atoms. The van der Waals surface area contributed by atoms with Gasteiger partial charge in [-0.25, -0.2) is 0 Å². The molecule has 0 radical (unpaired) electrons. The zero-order valence-electron chi connectivity index (χ0n) is 6.84. The highest BCUT2D eigenvalue weighted by Crippen LogP contribution is 2.30. The molecule has 74 valence electrons. The van der Waals surface area contributed by atoms with E-state index in [9.17, 15) is 9.59 Å². The first-order valence-electron chi connectivity index (χ1n) is 3.62. The quantitative estimate of drug-likeness (QED) is 0.460. The number of carbonyl (C=O) groups excluding carboxylic acids is 2. The van der Waals surface area contributed by atoms with E-state index in [1.54, 1.807) is 0 Å². The Bertz CT molecular complexity index is 351. The van der Waals surface area contributed by atoms with Gasteiger partial charge in [0.15, 0.2) is 0 Å². The maximum absolute atomic E-state index is 11.4. The van der Waals surface area contributed by atoms with Crippen LogP contribution in [-0.2, 0) is 0 Å². The topological polar surface area (TPSA) is 34.1 Å². The van der Waals surface area contributed by atoms with Crippen LogP contribution in [0.3, 0.4) is 0 Å². The maximum atomic E-state index is 11.4. The lowest BCUT2D eigenvalue weighted by Gasteiger charge is -2.08. The lowest BCUT2D eigenvalue weighted by Crippen LogP contribution is -2.18. The highest BCUT2D eigenvalue weighted by Gasteiger charge is 2.31. The Morgan fingerprint density at radius 2 is 1.64 bits per heavy atom. The Balaban J connectivity index is 2.98. The molecule has 1 aromatic rings. The Morgan fingerprint density at radius 3 is 2.00 bits per heavy atom. The summed E-state index contributed by atoms with van der Waals surface area (Å²) < 4.78 is -1.96. The number of aldehydes is 1. The predicted octanol–water partition coefficient (Wildman–Crippen LogP) is 3.05. The largest absolute Gasteiger partial charge is 0.298 e. The van der Waals surface area contributed by atoms with Crippen molar-refractivity contribution in [3.8, 4) is 0 Å². The van der Waals surface area contributed by atoms with Crippen molar-refractivity contribution in [2.24, 2.45) is 0 Å². The van der Waals surface area contributed by atoms with Crippen molar-refractivity contribution in [3.05, 3.63) is 35.4 Å². The highest BCUT2D eigenvalue weighted by atomic mass is 35.6. The number of benzene rings is 1. The van der Waals surface area contributed by atoms with Crippen LogP contribution in [0.1, 0.15) is 20.7 Å². The average Bonchev–Trinajstić information content (AvgIpc) is 2.15. The van der Waals surface area contributed by atoms with Gasteiger partial charge in [-0.05, 0) is 0 Å². The normalized spacial score (nSPS) is 11.1. The standard InChI is InChI=1S/C9H5Cl3O2/c10-9(11,12)8(14)7-3-1-6(5-13)2-4-7/h1-5H. The smallest absolute Gasteiger partial charge is 0.253 e. The van der Waals surface area contributed by atoms with Crippen molar-refractivity contribution in [1.29, 1.82) is 0 Å². The molecule has 0 saturated heterocycles. The van der Waals surface area contributed by atoms with Gasteiger partial charge < -0.3 is 0 Å². The second kappa shape index (κ2) is 4.30. The minimum Gasteiger partial charge on any atom is -0.298 e. The zero-order valence-corrected chi connectivity index (χ0v) is 9.10.